The molecule has 4 fully saturated rings. The van der Waals surface area contributed by atoms with Gasteiger partial charge in [-0.05, 0) is 162 Å². The SMILES string of the molecule is CC(C)(C)OC(=O)N[C@H]1CCC[C@@H]1C(=O)O.CC(C)(C)OC(=O)N[C@H]1CCC[C@@H]1CO.CC(C)(C)OC(=O)N[C@H]1CCC[C@@H]1COc1ccc(F)cc1.Cl.N[C@H]1CCC[C@@H]1COc1ccc(F)cc1. The summed E-state index contributed by atoms with van der Waals surface area (Å²) in [5, 5.41) is 26.4. The molecule has 0 radical (unpaired) electrons. The fourth-order valence-corrected chi connectivity index (χ4v) is 8.42. The molecule has 0 aliphatic heterocycles. The van der Waals surface area contributed by atoms with Crippen molar-refractivity contribution in [2.75, 3.05) is 19.8 Å². The monoisotopic (exact) mass is 999 g/mol. The fourth-order valence-electron chi connectivity index (χ4n) is 8.42. The number of nitrogens with one attached hydrogen (secondary N) is 3. The molecule has 2 aromatic carbocycles. The van der Waals surface area contributed by atoms with Crippen molar-refractivity contribution in [1.82, 2.24) is 16.0 Å². The first kappa shape index (κ1) is 60.5. The Balaban J connectivity index is 0.000000319. The van der Waals surface area contributed by atoms with Crippen molar-refractivity contribution in [3.63, 3.8) is 0 Å². The zero-order chi connectivity index (χ0) is 50.7. The zero-order valence-electron chi connectivity index (χ0n) is 42.2. The van der Waals surface area contributed by atoms with Crippen LogP contribution >= 0.6 is 12.4 Å². The number of rotatable bonds is 11. The predicted octanol–water partition coefficient (Wildman–Crippen LogP) is 10.1. The average molecular weight is 1000 g/mol. The second-order valence-electron chi connectivity index (χ2n) is 21.1. The van der Waals surface area contributed by atoms with E-state index in [-0.39, 0.29) is 78.8 Å². The molecule has 392 valence electrons. The molecule has 18 heteroatoms. The minimum Gasteiger partial charge on any atom is -0.493 e. The summed E-state index contributed by atoms with van der Waals surface area (Å²) in [6.07, 6.45) is 10.2. The molecule has 4 aliphatic carbocycles. The smallest absolute Gasteiger partial charge is 0.407 e. The van der Waals surface area contributed by atoms with Crippen LogP contribution in [0.2, 0.25) is 0 Å². The molecule has 4 saturated carbocycles. The number of aliphatic hydroxyl groups is 1. The molecule has 0 spiro atoms. The molecule has 4 aliphatic rings. The summed E-state index contributed by atoms with van der Waals surface area (Å²) < 4.78 is 52.3. The molecule has 0 aromatic heterocycles. The van der Waals surface area contributed by atoms with Gasteiger partial charge in [0.05, 0.1) is 19.1 Å². The van der Waals surface area contributed by atoms with E-state index in [0.717, 1.165) is 63.5 Å². The van der Waals surface area contributed by atoms with Gasteiger partial charge < -0.3 is 55.6 Å². The van der Waals surface area contributed by atoms with Crippen LogP contribution in [0.4, 0.5) is 23.2 Å². The first-order chi connectivity index (χ1) is 31.8. The van der Waals surface area contributed by atoms with Crippen molar-refractivity contribution in [3.05, 3.63) is 60.2 Å². The van der Waals surface area contributed by atoms with Crippen molar-refractivity contribution < 1.29 is 61.9 Å². The molecule has 0 heterocycles. The lowest BCUT2D eigenvalue weighted by atomic mass is 10.0. The number of hydrogen-bond acceptors (Lipinski definition) is 11. The maximum absolute atomic E-state index is 12.9. The predicted molar refractivity (Wildman–Crippen MR) is 263 cm³/mol. The molecule has 69 heavy (non-hydrogen) atoms. The Hall–Kier alpha value is -4.61. The van der Waals surface area contributed by atoms with Gasteiger partial charge in [0.1, 0.15) is 39.9 Å². The van der Waals surface area contributed by atoms with Crippen molar-refractivity contribution in [2.45, 2.75) is 180 Å². The third kappa shape index (κ3) is 24.7. The van der Waals surface area contributed by atoms with Crippen LogP contribution in [0.3, 0.4) is 0 Å². The summed E-state index contributed by atoms with van der Waals surface area (Å²) in [4.78, 5) is 45.7. The van der Waals surface area contributed by atoms with Gasteiger partial charge in [-0.3, -0.25) is 4.79 Å². The van der Waals surface area contributed by atoms with Gasteiger partial charge in [0.25, 0.3) is 0 Å². The van der Waals surface area contributed by atoms with Gasteiger partial charge in [0.2, 0.25) is 0 Å². The van der Waals surface area contributed by atoms with E-state index >= 15 is 0 Å². The summed E-state index contributed by atoms with van der Waals surface area (Å²) in [5.74, 6) is 0.411. The fraction of sp³-hybridized carbons (Fsp3) is 0.686. The Kier molecular flexibility index (Phi) is 25.4. The number of carboxylic acids is 1. The van der Waals surface area contributed by atoms with Gasteiger partial charge in [-0.1, -0.05) is 25.7 Å². The topological polar surface area (TPSA) is 217 Å². The maximum atomic E-state index is 12.9. The Morgan fingerprint density at radius 1 is 0.551 bits per heavy atom. The molecule has 0 saturated heterocycles. The van der Waals surface area contributed by atoms with Gasteiger partial charge in [0, 0.05) is 48.5 Å². The lowest BCUT2D eigenvalue weighted by Gasteiger charge is -2.24. The lowest BCUT2D eigenvalue weighted by Crippen LogP contribution is -2.42. The van der Waals surface area contributed by atoms with E-state index in [2.05, 4.69) is 16.0 Å². The van der Waals surface area contributed by atoms with Gasteiger partial charge >= 0.3 is 24.2 Å². The number of benzene rings is 2. The minimum absolute atomic E-state index is 0. The van der Waals surface area contributed by atoms with E-state index < -0.39 is 34.8 Å². The van der Waals surface area contributed by atoms with Crippen molar-refractivity contribution in [2.24, 2.45) is 29.4 Å². The molecular formula is C51H81ClF2N4O11. The van der Waals surface area contributed by atoms with Crippen LogP contribution in [0.15, 0.2) is 48.5 Å². The second-order valence-corrected chi connectivity index (χ2v) is 21.1. The van der Waals surface area contributed by atoms with E-state index in [1.54, 1.807) is 45.0 Å². The van der Waals surface area contributed by atoms with Gasteiger partial charge in [-0.2, -0.15) is 0 Å². The summed E-state index contributed by atoms with van der Waals surface area (Å²) >= 11 is 0. The Morgan fingerprint density at radius 2 is 0.899 bits per heavy atom. The van der Waals surface area contributed by atoms with Gasteiger partial charge in [0.15, 0.2) is 0 Å². The highest BCUT2D eigenvalue weighted by atomic mass is 35.5. The van der Waals surface area contributed by atoms with Gasteiger partial charge in [-0.25, -0.2) is 23.2 Å². The number of carbonyl (C=O) groups is 4. The van der Waals surface area contributed by atoms with Crippen LogP contribution in [-0.4, -0.2) is 95.3 Å². The number of hydrogen-bond donors (Lipinski definition) is 6. The standard InChI is InChI=1S/C17H24FNO3.C12H16FNO.C11H19NO4.C11H21NO3.ClH/c1-17(2,3)22-16(20)19-15-6-4-5-12(15)11-21-14-9-7-13(18)8-10-14;13-10-4-6-11(7-5-10)15-8-9-2-1-3-12(9)14;1-11(2,3)16-10(15)12-8-6-4-5-7(8)9(13)14;1-11(2,3)15-10(14)12-9-6-4-5-8(9)7-13;/h7-10,12,15H,4-6,11H2,1-3H3,(H,19,20);4-7,9,12H,1-3,8,14H2;7-8H,4-6H2,1-3H3,(H,12,15)(H,13,14);8-9,13H,4-7H2,1-3H3,(H,12,14);1H/t12-,15+;9-,12+;7-,8-;8-,9+;/m1101./s1. The molecule has 15 nitrogen and oxygen atoms in total. The number of aliphatic carboxylic acids is 1. The highest BCUT2D eigenvalue weighted by molar-refractivity contribution is 5.85. The molecule has 0 unspecified atom stereocenters. The van der Waals surface area contributed by atoms with Crippen LogP contribution in [-0.2, 0) is 19.0 Å². The Bertz CT molecular complexity index is 1840. The average Bonchev–Trinajstić information content (AvgIpc) is 4.05. The molecule has 7 N–H and O–H groups in total. The van der Waals surface area contributed by atoms with Crippen LogP contribution in [0, 0.1) is 35.3 Å². The number of carbonyl (C=O) groups excluding carboxylic acids is 3. The third-order valence-corrected chi connectivity index (χ3v) is 11.8. The van der Waals surface area contributed by atoms with Crippen LogP contribution in [0.25, 0.3) is 0 Å². The van der Waals surface area contributed by atoms with E-state index in [4.69, 9.17) is 39.6 Å². The highest BCUT2D eigenvalue weighted by Gasteiger charge is 2.35. The number of carboxylic acid groups (broad SMARTS) is 1. The molecule has 2 aromatic rings. The molecular weight excluding hydrogens is 918 g/mol. The van der Waals surface area contributed by atoms with Crippen molar-refractivity contribution in [3.8, 4) is 11.5 Å². The van der Waals surface area contributed by atoms with E-state index in [1.165, 1.54) is 30.7 Å². The summed E-state index contributed by atoms with van der Waals surface area (Å²) in [6, 6.07) is 12.2. The quantitative estimate of drug-likeness (QED) is 0.116. The molecule has 8 atom stereocenters. The summed E-state index contributed by atoms with van der Waals surface area (Å²) in [7, 11) is 0. The number of ether oxygens (including phenoxy) is 5. The number of amides is 3. The summed E-state index contributed by atoms with van der Waals surface area (Å²) in [6.45, 7) is 17.7. The number of nitrogens with two attached hydrogens (primary N) is 1. The van der Waals surface area contributed by atoms with Crippen LogP contribution in [0.1, 0.15) is 139 Å². The lowest BCUT2D eigenvalue weighted by molar-refractivity contribution is -0.142. The Morgan fingerprint density at radius 3 is 1.29 bits per heavy atom. The minimum atomic E-state index is -0.849. The molecule has 6 rings (SSSR count). The zero-order valence-corrected chi connectivity index (χ0v) is 43.0. The highest BCUT2D eigenvalue weighted by Crippen LogP contribution is 2.29. The summed E-state index contributed by atoms with van der Waals surface area (Å²) in [5.41, 5.74) is 4.41. The van der Waals surface area contributed by atoms with Crippen molar-refractivity contribution >= 4 is 36.7 Å². The largest absolute Gasteiger partial charge is 0.493 e. The third-order valence-electron chi connectivity index (χ3n) is 11.8. The first-order valence-corrected chi connectivity index (χ1v) is 24.1. The number of aliphatic hydroxyl groups excluding tert-OH is 1. The van der Waals surface area contributed by atoms with Crippen LogP contribution < -0.4 is 31.2 Å². The molecule has 3 amide bonds. The Labute approximate surface area is 414 Å². The van der Waals surface area contributed by atoms with Gasteiger partial charge in [-0.15, -0.1) is 12.4 Å². The van der Waals surface area contributed by atoms with Crippen LogP contribution in [0.5, 0.6) is 11.5 Å². The molecule has 0 bridgehead atoms. The van der Waals surface area contributed by atoms with Crippen molar-refractivity contribution in [1.29, 1.82) is 0 Å². The number of alkyl carbamates (subject to hydrolysis) is 3. The first-order valence-electron chi connectivity index (χ1n) is 24.1. The van der Waals surface area contributed by atoms with E-state index in [1.807, 2.05) is 41.5 Å². The maximum Gasteiger partial charge on any atom is 0.407 e. The second kappa shape index (κ2) is 28.9. The normalized spacial score (nSPS) is 24.0. The van der Waals surface area contributed by atoms with E-state index in [0.29, 0.717) is 37.7 Å². The number of halogens is 3. The van der Waals surface area contributed by atoms with E-state index in [9.17, 15) is 28.0 Å².